The van der Waals surface area contributed by atoms with Crippen LogP contribution in [0.2, 0.25) is 0 Å². The zero-order valence-corrected chi connectivity index (χ0v) is 12.0. The van der Waals surface area contributed by atoms with Crippen molar-refractivity contribution < 1.29 is 9.90 Å². The summed E-state index contributed by atoms with van der Waals surface area (Å²) in [5.74, 6) is -0.864. The van der Waals surface area contributed by atoms with Crippen molar-refractivity contribution in [2.45, 2.75) is 33.1 Å². The van der Waals surface area contributed by atoms with Gasteiger partial charge in [-0.2, -0.15) is 0 Å². The van der Waals surface area contributed by atoms with Crippen molar-refractivity contribution in [2.75, 3.05) is 0 Å². The van der Waals surface area contributed by atoms with Gasteiger partial charge in [0, 0.05) is 6.42 Å². The molecule has 0 bridgehead atoms. The van der Waals surface area contributed by atoms with E-state index in [9.17, 15) is 9.90 Å². The summed E-state index contributed by atoms with van der Waals surface area (Å²) in [6.07, 6.45) is 2.34. The molecule has 100 valence electrons. The minimum atomic E-state index is -0.864. The summed E-state index contributed by atoms with van der Waals surface area (Å²) >= 11 is 1.30. The zero-order valence-electron chi connectivity index (χ0n) is 11.1. The first-order valence-corrected chi connectivity index (χ1v) is 7.19. The molecule has 0 saturated carbocycles. The Morgan fingerprint density at radius 3 is 2.84 bits per heavy atom. The molecule has 1 N–H and O–H groups in total. The zero-order chi connectivity index (χ0) is 13.8. The predicted octanol–water partition coefficient (Wildman–Crippen LogP) is 3.69. The van der Waals surface area contributed by atoms with Gasteiger partial charge in [-0.25, -0.2) is 9.78 Å². The van der Waals surface area contributed by atoms with Gasteiger partial charge in [0.1, 0.15) is 4.88 Å². The molecule has 0 atom stereocenters. The van der Waals surface area contributed by atoms with E-state index in [1.807, 2.05) is 19.1 Å². The van der Waals surface area contributed by atoms with Crippen molar-refractivity contribution in [1.29, 1.82) is 0 Å². The maximum absolute atomic E-state index is 11.2. The first-order valence-electron chi connectivity index (χ1n) is 6.37. The lowest BCUT2D eigenvalue weighted by Crippen LogP contribution is -1.98. The molecule has 0 spiro atoms. The minimum absolute atomic E-state index is 0.393. The molecule has 2 rings (SSSR count). The van der Waals surface area contributed by atoms with Gasteiger partial charge in [-0.3, -0.25) is 0 Å². The van der Waals surface area contributed by atoms with E-state index >= 15 is 0 Å². The van der Waals surface area contributed by atoms with Gasteiger partial charge in [-0.15, -0.1) is 11.3 Å². The number of carbonyl (C=O) groups is 1. The summed E-state index contributed by atoms with van der Waals surface area (Å²) in [6, 6.07) is 8.23. The van der Waals surface area contributed by atoms with Gasteiger partial charge in [0.15, 0.2) is 0 Å². The number of thiazole rings is 1. The van der Waals surface area contributed by atoms with E-state index in [1.165, 1.54) is 22.5 Å². The molecule has 0 fully saturated rings. The van der Waals surface area contributed by atoms with E-state index < -0.39 is 5.97 Å². The Labute approximate surface area is 116 Å². The molecule has 0 unspecified atom stereocenters. The van der Waals surface area contributed by atoms with Gasteiger partial charge in [-0.1, -0.05) is 43.2 Å². The third-order valence-corrected chi connectivity index (χ3v) is 3.95. The number of benzene rings is 1. The lowest BCUT2D eigenvalue weighted by atomic mass is 10.1. The van der Waals surface area contributed by atoms with Crippen LogP contribution < -0.4 is 0 Å². The van der Waals surface area contributed by atoms with Gasteiger partial charge >= 0.3 is 5.97 Å². The molecule has 0 radical (unpaired) electrons. The SMILES string of the molecule is CCCc1nc(Cc2cccc(C)c2)sc1C(=O)O. The molecule has 19 heavy (non-hydrogen) atoms. The van der Waals surface area contributed by atoms with Crippen molar-refractivity contribution in [3.05, 3.63) is 51.0 Å². The van der Waals surface area contributed by atoms with E-state index in [4.69, 9.17) is 0 Å². The molecule has 4 heteroatoms. The number of carboxylic acid groups (broad SMARTS) is 1. The van der Waals surface area contributed by atoms with Crippen molar-refractivity contribution in [3.63, 3.8) is 0 Å². The number of aromatic carboxylic acids is 1. The van der Waals surface area contributed by atoms with Gasteiger partial charge in [-0.05, 0) is 18.9 Å². The number of aryl methyl sites for hydroxylation is 2. The first kappa shape index (κ1) is 13.7. The molecule has 3 nitrogen and oxygen atoms in total. The van der Waals surface area contributed by atoms with E-state index in [1.54, 1.807) is 0 Å². The monoisotopic (exact) mass is 275 g/mol. The maximum atomic E-state index is 11.2. The third-order valence-electron chi connectivity index (χ3n) is 2.86. The van der Waals surface area contributed by atoms with E-state index in [-0.39, 0.29) is 0 Å². The normalized spacial score (nSPS) is 10.6. The van der Waals surface area contributed by atoms with Crippen LogP contribution in [0.4, 0.5) is 0 Å². The van der Waals surface area contributed by atoms with Crippen LogP contribution >= 0.6 is 11.3 Å². The highest BCUT2D eigenvalue weighted by Crippen LogP contribution is 2.22. The van der Waals surface area contributed by atoms with Crippen molar-refractivity contribution in [2.24, 2.45) is 0 Å². The Morgan fingerprint density at radius 2 is 2.21 bits per heavy atom. The average Bonchev–Trinajstić information content (AvgIpc) is 2.73. The lowest BCUT2D eigenvalue weighted by molar-refractivity contribution is 0.0700. The second-order valence-corrected chi connectivity index (χ2v) is 5.69. The number of nitrogens with zero attached hydrogens (tertiary/aromatic N) is 1. The van der Waals surface area contributed by atoms with Crippen molar-refractivity contribution in [3.8, 4) is 0 Å². The van der Waals surface area contributed by atoms with Crippen LogP contribution in [-0.4, -0.2) is 16.1 Å². The Hall–Kier alpha value is -1.68. The van der Waals surface area contributed by atoms with E-state index in [0.29, 0.717) is 11.3 Å². The summed E-state index contributed by atoms with van der Waals surface area (Å²) in [7, 11) is 0. The molecule has 1 aromatic heterocycles. The molecule has 0 saturated heterocycles. The van der Waals surface area contributed by atoms with Crippen LogP contribution in [0.3, 0.4) is 0 Å². The molecule has 1 aromatic carbocycles. The minimum Gasteiger partial charge on any atom is -0.477 e. The van der Waals surface area contributed by atoms with Crippen molar-refractivity contribution >= 4 is 17.3 Å². The fraction of sp³-hybridized carbons (Fsp3) is 0.333. The molecule has 0 aliphatic carbocycles. The summed E-state index contributed by atoms with van der Waals surface area (Å²) in [5.41, 5.74) is 3.11. The van der Waals surface area contributed by atoms with Crippen LogP contribution in [-0.2, 0) is 12.8 Å². The highest BCUT2D eigenvalue weighted by molar-refractivity contribution is 7.13. The number of hydrogen-bond acceptors (Lipinski definition) is 3. The van der Waals surface area contributed by atoms with Crippen LogP contribution in [0.5, 0.6) is 0 Å². The Morgan fingerprint density at radius 1 is 1.42 bits per heavy atom. The fourth-order valence-electron chi connectivity index (χ4n) is 2.05. The van der Waals surface area contributed by atoms with Gasteiger partial charge in [0.05, 0.1) is 10.7 Å². The summed E-state index contributed by atoms with van der Waals surface area (Å²) in [4.78, 5) is 16.1. The number of hydrogen-bond donors (Lipinski definition) is 1. The van der Waals surface area contributed by atoms with Gasteiger partial charge in [0.25, 0.3) is 0 Å². The highest BCUT2D eigenvalue weighted by Gasteiger charge is 2.16. The Balaban J connectivity index is 2.25. The molecule has 0 amide bonds. The lowest BCUT2D eigenvalue weighted by Gasteiger charge is -1.99. The predicted molar refractivity (Wildman–Crippen MR) is 77.1 cm³/mol. The molecule has 1 heterocycles. The molecular formula is C15H17NO2S. The van der Waals surface area contributed by atoms with Crippen LogP contribution in [0.15, 0.2) is 24.3 Å². The maximum Gasteiger partial charge on any atom is 0.347 e. The topological polar surface area (TPSA) is 50.2 Å². The number of carboxylic acids is 1. The first-order chi connectivity index (χ1) is 9.10. The van der Waals surface area contributed by atoms with Crippen LogP contribution in [0.25, 0.3) is 0 Å². The molecule has 0 aliphatic heterocycles. The second-order valence-electron chi connectivity index (χ2n) is 4.60. The Bertz CT molecular complexity index is 590. The smallest absolute Gasteiger partial charge is 0.347 e. The number of aromatic nitrogens is 1. The Kier molecular flexibility index (Phi) is 4.32. The summed E-state index contributed by atoms with van der Waals surface area (Å²) in [5, 5.41) is 10.1. The number of rotatable bonds is 5. The van der Waals surface area contributed by atoms with Gasteiger partial charge in [0.2, 0.25) is 0 Å². The quantitative estimate of drug-likeness (QED) is 0.905. The second kappa shape index (κ2) is 5.97. The van der Waals surface area contributed by atoms with E-state index in [0.717, 1.165) is 23.5 Å². The standard InChI is InChI=1S/C15H17NO2S/c1-3-5-12-14(15(17)18)19-13(16-12)9-11-7-4-6-10(2)8-11/h4,6-8H,3,5,9H2,1-2H3,(H,17,18). The van der Waals surface area contributed by atoms with Crippen LogP contribution in [0, 0.1) is 6.92 Å². The summed E-state index contributed by atoms with van der Waals surface area (Å²) < 4.78 is 0. The van der Waals surface area contributed by atoms with Gasteiger partial charge < -0.3 is 5.11 Å². The average molecular weight is 275 g/mol. The highest BCUT2D eigenvalue weighted by atomic mass is 32.1. The largest absolute Gasteiger partial charge is 0.477 e. The molecule has 2 aromatic rings. The van der Waals surface area contributed by atoms with Crippen LogP contribution in [0.1, 0.15) is 44.8 Å². The van der Waals surface area contributed by atoms with E-state index in [2.05, 4.69) is 24.0 Å². The van der Waals surface area contributed by atoms with Crippen molar-refractivity contribution in [1.82, 2.24) is 4.98 Å². The summed E-state index contributed by atoms with van der Waals surface area (Å²) in [6.45, 7) is 4.09. The third kappa shape index (κ3) is 3.41. The fourth-order valence-corrected chi connectivity index (χ4v) is 3.03. The molecular weight excluding hydrogens is 258 g/mol. The molecule has 0 aliphatic rings.